The van der Waals surface area contributed by atoms with Gasteiger partial charge in [-0.2, -0.15) is 5.26 Å². The average Bonchev–Trinajstić information content (AvgIpc) is 3.59. The highest BCUT2D eigenvalue weighted by Gasteiger charge is 2.56. The zero-order valence-electron chi connectivity index (χ0n) is 17.3. The lowest BCUT2D eigenvalue weighted by Gasteiger charge is -2.32. The molecule has 31 heavy (non-hydrogen) atoms. The molecule has 2 aromatic rings. The highest BCUT2D eigenvalue weighted by atomic mass is 16.5. The summed E-state index contributed by atoms with van der Waals surface area (Å²) in [5.41, 5.74) is -0.272. The maximum absolute atomic E-state index is 13.1. The van der Waals surface area contributed by atoms with E-state index < -0.39 is 11.0 Å². The van der Waals surface area contributed by atoms with E-state index in [9.17, 15) is 15.2 Å². The quantitative estimate of drug-likeness (QED) is 0.766. The molecule has 8 heteroatoms. The van der Waals surface area contributed by atoms with Crippen molar-refractivity contribution in [2.75, 3.05) is 30.0 Å². The summed E-state index contributed by atoms with van der Waals surface area (Å²) in [6.45, 7) is 1.59. The molecular weight excluding hydrogens is 394 g/mol. The summed E-state index contributed by atoms with van der Waals surface area (Å²) >= 11 is 0. The summed E-state index contributed by atoms with van der Waals surface area (Å²) in [5.74, 6) is 1.21. The number of anilines is 3. The van der Waals surface area contributed by atoms with Gasteiger partial charge in [-0.25, -0.2) is 9.97 Å². The van der Waals surface area contributed by atoms with E-state index in [-0.39, 0.29) is 11.8 Å². The number of nitrogens with one attached hydrogen (secondary N) is 1. The van der Waals surface area contributed by atoms with Gasteiger partial charge in [-0.3, -0.25) is 4.79 Å². The van der Waals surface area contributed by atoms with Crippen LogP contribution in [0.2, 0.25) is 0 Å². The standard InChI is InChI=1S/C23H25N5O3/c24-15-22(16-1-2-16)5-10-28(21(22)29)18-4-9-26-20(14-18)27-19-13-17(3-8-25-19)23(30)6-11-31-12-7-23/h3-4,8-9,13-14,16,30H,1-2,5-7,10-12H2,(H,25,26,27)/t22-/m1/s1. The number of hydrogen-bond donors (Lipinski definition) is 2. The Labute approximate surface area is 180 Å². The molecule has 160 valence electrons. The Morgan fingerprint density at radius 1 is 1.13 bits per heavy atom. The number of rotatable bonds is 5. The van der Waals surface area contributed by atoms with Gasteiger partial charge in [0, 0.05) is 56.7 Å². The molecule has 2 aromatic heterocycles. The van der Waals surface area contributed by atoms with Crippen molar-refractivity contribution in [3.05, 3.63) is 42.2 Å². The van der Waals surface area contributed by atoms with Gasteiger partial charge in [0.25, 0.3) is 0 Å². The van der Waals surface area contributed by atoms with Crippen molar-refractivity contribution in [3.8, 4) is 6.07 Å². The van der Waals surface area contributed by atoms with Crippen molar-refractivity contribution in [2.24, 2.45) is 11.3 Å². The van der Waals surface area contributed by atoms with Gasteiger partial charge >= 0.3 is 0 Å². The molecule has 1 amide bonds. The minimum absolute atomic E-state index is 0.100. The predicted molar refractivity (Wildman–Crippen MR) is 113 cm³/mol. The predicted octanol–water partition coefficient (Wildman–Crippen LogP) is 2.87. The maximum Gasteiger partial charge on any atom is 0.247 e. The first-order valence-corrected chi connectivity index (χ1v) is 10.8. The van der Waals surface area contributed by atoms with E-state index in [0.717, 1.165) is 24.1 Å². The van der Waals surface area contributed by atoms with Crippen LogP contribution < -0.4 is 10.2 Å². The van der Waals surface area contributed by atoms with Crippen molar-refractivity contribution in [1.29, 1.82) is 5.26 Å². The number of aromatic nitrogens is 2. The minimum Gasteiger partial charge on any atom is -0.385 e. The first-order valence-electron chi connectivity index (χ1n) is 10.8. The fraction of sp³-hybridized carbons (Fsp3) is 0.478. The Morgan fingerprint density at radius 2 is 1.84 bits per heavy atom. The van der Waals surface area contributed by atoms with Gasteiger partial charge in [0.15, 0.2) is 0 Å². The molecule has 5 rings (SSSR count). The molecule has 3 aliphatic rings. The van der Waals surface area contributed by atoms with E-state index in [2.05, 4.69) is 21.4 Å². The van der Waals surface area contributed by atoms with Gasteiger partial charge in [0.05, 0.1) is 11.7 Å². The SMILES string of the molecule is N#C[C@@]1(C2CC2)CCN(c2ccnc(Nc3cc(C4(O)CCOCC4)ccn3)c2)C1=O. The molecule has 1 atom stereocenters. The van der Waals surface area contributed by atoms with Crippen molar-refractivity contribution >= 4 is 23.2 Å². The number of carbonyl (C=O) groups is 1. The van der Waals surface area contributed by atoms with E-state index in [1.54, 1.807) is 29.4 Å². The largest absolute Gasteiger partial charge is 0.385 e. The van der Waals surface area contributed by atoms with Crippen LogP contribution in [-0.2, 0) is 15.1 Å². The number of carbonyl (C=O) groups excluding carboxylic acids is 1. The molecule has 3 fully saturated rings. The van der Waals surface area contributed by atoms with Crippen LogP contribution in [0.15, 0.2) is 36.7 Å². The molecule has 0 aromatic carbocycles. The molecule has 0 unspecified atom stereocenters. The van der Waals surface area contributed by atoms with Crippen molar-refractivity contribution in [3.63, 3.8) is 0 Å². The molecular formula is C23H25N5O3. The molecule has 8 nitrogen and oxygen atoms in total. The monoisotopic (exact) mass is 419 g/mol. The van der Waals surface area contributed by atoms with Gasteiger partial charge in [0.1, 0.15) is 17.1 Å². The molecule has 2 aliphatic heterocycles. The molecule has 2 N–H and O–H groups in total. The molecule has 0 bridgehead atoms. The average molecular weight is 419 g/mol. The number of nitrogens with zero attached hydrogens (tertiary/aromatic N) is 4. The van der Waals surface area contributed by atoms with E-state index in [1.807, 2.05) is 12.1 Å². The van der Waals surface area contributed by atoms with Crippen LogP contribution in [0.5, 0.6) is 0 Å². The van der Waals surface area contributed by atoms with E-state index in [0.29, 0.717) is 50.7 Å². The maximum atomic E-state index is 13.1. The number of aliphatic hydroxyl groups is 1. The van der Waals surface area contributed by atoms with Gasteiger partial charge < -0.3 is 20.1 Å². The number of ether oxygens (including phenoxy) is 1. The first kappa shape index (κ1) is 19.9. The summed E-state index contributed by atoms with van der Waals surface area (Å²) < 4.78 is 5.37. The van der Waals surface area contributed by atoms with Crippen molar-refractivity contribution in [2.45, 2.75) is 37.7 Å². The van der Waals surface area contributed by atoms with Crippen LogP contribution in [0.3, 0.4) is 0 Å². The van der Waals surface area contributed by atoms with Crippen LogP contribution in [0, 0.1) is 22.7 Å². The number of amides is 1. The third-order valence-electron chi connectivity index (χ3n) is 6.76. The van der Waals surface area contributed by atoms with Crippen molar-refractivity contribution in [1.82, 2.24) is 9.97 Å². The minimum atomic E-state index is -0.918. The Hall–Kier alpha value is -3.02. The molecule has 1 saturated carbocycles. The fourth-order valence-corrected chi connectivity index (χ4v) is 4.71. The Bertz CT molecular complexity index is 1040. The second-order valence-corrected chi connectivity index (χ2v) is 8.66. The third-order valence-corrected chi connectivity index (χ3v) is 6.76. The number of pyridine rings is 2. The molecule has 2 saturated heterocycles. The summed E-state index contributed by atoms with van der Waals surface area (Å²) in [4.78, 5) is 23.5. The topological polar surface area (TPSA) is 111 Å². The number of nitriles is 1. The third kappa shape index (κ3) is 3.54. The summed E-state index contributed by atoms with van der Waals surface area (Å²) in [6.07, 6.45) is 6.88. The lowest BCUT2D eigenvalue weighted by molar-refractivity contribution is -0.123. The van der Waals surface area contributed by atoms with E-state index in [1.165, 1.54) is 0 Å². The second kappa shape index (κ2) is 7.59. The Morgan fingerprint density at radius 3 is 2.55 bits per heavy atom. The van der Waals surface area contributed by atoms with Crippen LogP contribution in [0.1, 0.15) is 37.7 Å². The van der Waals surface area contributed by atoms with Crippen LogP contribution in [0.25, 0.3) is 0 Å². The smallest absolute Gasteiger partial charge is 0.247 e. The number of hydrogen-bond acceptors (Lipinski definition) is 7. The van der Waals surface area contributed by atoms with Gasteiger partial charge in [-0.15, -0.1) is 0 Å². The molecule has 4 heterocycles. The second-order valence-electron chi connectivity index (χ2n) is 8.66. The van der Waals surface area contributed by atoms with E-state index >= 15 is 0 Å². The first-order chi connectivity index (χ1) is 15.0. The summed E-state index contributed by atoms with van der Waals surface area (Å²) in [5, 5.41) is 23.8. The zero-order valence-corrected chi connectivity index (χ0v) is 17.3. The molecule has 0 spiro atoms. The van der Waals surface area contributed by atoms with Crippen LogP contribution in [-0.4, -0.2) is 40.7 Å². The fourth-order valence-electron chi connectivity index (χ4n) is 4.71. The van der Waals surface area contributed by atoms with Gasteiger partial charge in [0.2, 0.25) is 5.91 Å². The summed E-state index contributed by atoms with van der Waals surface area (Å²) in [7, 11) is 0. The van der Waals surface area contributed by atoms with E-state index in [4.69, 9.17) is 4.74 Å². The van der Waals surface area contributed by atoms with Crippen LogP contribution in [0.4, 0.5) is 17.3 Å². The zero-order chi connectivity index (χ0) is 21.5. The lowest BCUT2D eigenvalue weighted by Crippen LogP contribution is -2.35. The van der Waals surface area contributed by atoms with Crippen molar-refractivity contribution < 1.29 is 14.6 Å². The van der Waals surface area contributed by atoms with Gasteiger partial charge in [-0.05, 0) is 48.9 Å². The summed E-state index contributed by atoms with van der Waals surface area (Å²) in [6, 6.07) is 9.56. The molecule has 0 radical (unpaired) electrons. The molecule has 1 aliphatic carbocycles. The highest BCUT2D eigenvalue weighted by Crippen LogP contribution is 2.52. The Kier molecular flexibility index (Phi) is 4.88. The van der Waals surface area contributed by atoms with Gasteiger partial charge in [-0.1, -0.05) is 0 Å². The highest BCUT2D eigenvalue weighted by molar-refractivity contribution is 6.02. The Balaban J connectivity index is 1.35. The lowest BCUT2D eigenvalue weighted by atomic mass is 9.83. The normalized spacial score (nSPS) is 25.3. The van der Waals surface area contributed by atoms with Crippen LogP contribution >= 0.6 is 0 Å².